The van der Waals surface area contributed by atoms with Crippen LogP contribution in [0.25, 0.3) is 10.6 Å². The lowest BCUT2D eigenvalue weighted by molar-refractivity contribution is 0.866. The van der Waals surface area contributed by atoms with Crippen molar-refractivity contribution in [2.24, 2.45) is 4.99 Å². The van der Waals surface area contributed by atoms with Gasteiger partial charge in [-0.3, -0.25) is 4.99 Å². The van der Waals surface area contributed by atoms with Gasteiger partial charge in [0.2, 0.25) is 0 Å². The van der Waals surface area contributed by atoms with Crippen molar-refractivity contribution in [2.45, 2.75) is 47.0 Å². The van der Waals surface area contributed by atoms with E-state index in [0.717, 1.165) is 17.1 Å². The Morgan fingerprint density at radius 2 is 2.10 bits per heavy atom. The largest absolute Gasteiger partial charge is 0.258 e. The Hall–Kier alpha value is -1.48. The highest BCUT2D eigenvalue weighted by molar-refractivity contribution is 7.13. The zero-order valence-corrected chi connectivity index (χ0v) is 13.7. The Bertz CT molecular complexity index is 610. The van der Waals surface area contributed by atoms with Gasteiger partial charge in [-0.2, -0.15) is 0 Å². The maximum absolute atomic E-state index is 4.78. The van der Waals surface area contributed by atoms with Crippen molar-refractivity contribution in [3.8, 4) is 10.6 Å². The summed E-state index contributed by atoms with van der Waals surface area (Å²) >= 11 is 1.68. The Morgan fingerprint density at radius 1 is 1.35 bits per heavy atom. The first-order chi connectivity index (χ1) is 9.52. The van der Waals surface area contributed by atoms with E-state index in [0.29, 0.717) is 5.92 Å². The summed E-state index contributed by atoms with van der Waals surface area (Å²) in [6.45, 7) is 10.8. The minimum absolute atomic E-state index is 0.491. The van der Waals surface area contributed by atoms with Gasteiger partial charge in [0.1, 0.15) is 5.01 Å². The molecule has 0 bridgehead atoms. The molecule has 2 aromatic rings. The molecule has 20 heavy (non-hydrogen) atoms. The van der Waals surface area contributed by atoms with Crippen molar-refractivity contribution in [2.75, 3.05) is 0 Å². The average Bonchev–Trinajstić information content (AvgIpc) is 2.94. The fourth-order valence-corrected chi connectivity index (χ4v) is 2.74. The number of hydrogen-bond acceptors (Lipinski definition) is 3. The van der Waals surface area contributed by atoms with E-state index in [4.69, 9.17) is 4.99 Å². The lowest BCUT2D eigenvalue weighted by Gasteiger charge is -2.13. The SMILES string of the molecule is CC/C(C)=N\c1cc(C(C)C)cc(-c2nccs2)c1C. The van der Waals surface area contributed by atoms with Gasteiger partial charge < -0.3 is 0 Å². The minimum Gasteiger partial charge on any atom is -0.258 e. The Balaban J connectivity index is 2.63. The van der Waals surface area contributed by atoms with Gasteiger partial charge in [0.25, 0.3) is 0 Å². The van der Waals surface area contributed by atoms with E-state index in [2.05, 4.69) is 51.7 Å². The van der Waals surface area contributed by atoms with Gasteiger partial charge >= 0.3 is 0 Å². The summed E-state index contributed by atoms with van der Waals surface area (Å²) in [7, 11) is 0. The van der Waals surface area contributed by atoms with Gasteiger partial charge in [0, 0.05) is 22.9 Å². The zero-order chi connectivity index (χ0) is 14.7. The van der Waals surface area contributed by atoms with E-state index in [1.165, 1.54) is 22.4 Å². The molecule has 0 N–H and O–H groups in total. The van der Waals surface area contributed by atoms with Crippen LogP contribution in [0.5, 0.6) is 0 Å². The maximum Gasteiger partial charge on any atom is 0.123 e. The second-order valence-electron chi connectivity index (χ2n) is 5.41. The van der Waals surface area contributed by atoms with Crippen LogP contribution in [0.3, 0.4) is 0 Å². The second-order valence-corrected chi connectivity index (χ2v) is 6.30. The molecule has 1 heterocycles. The molecule has 2 nitrogen and oxygen atoms in total. The van der Waals surface area contributed by atoms with Gasteiger partial charge in [-0.25, -0.2) is 4.98 Å². The number of benzene rings is 1. The van der Waals surface area contributed by atoms with Crippen molar-refractivity contribution in [1.82, 2.24) is 4.98 Å². The van der Waals surface area contributed by atoms with E-state index in [1.807, 2.05) is 11.6 Å². The number of aliphatic imine (C=N–C) groups is 1. The first-order valence-corrected chi connectivity index (χ1v) is 7.99. The molecule has 0 spiro atoms. The third-order valence-electron chi connectivity index (χ3n) is 3.55. The smallest absolute Gasteiger partial charge is 0.123 e. The quantitative estimate of drug-likeness (QED) is 0.657. The van der Waals surface area contributed by atoms with Crippen LogP contribution >= 0.6 is 11.3 Å². The molecule has 0 unspecified atom stereocenters. The van der Waals surface area contributed by atoms with Gasteiger partial charge in [0.05, 0.1) is 5.69 Å². The molecule has 0 amide bonds. The first-order valence-electron chi connectivity index (χ1n) is 7.11. The van der Waals surface area contributed by atoms with Crippen molar-refractivity contribution < 1.29 is 0 Å². The molecule has 0 saturated carbocycles. The predicted molar refractivity (Wildman–Crippen MR) is 89.4 cm³/mol. The van der Waals surface area contributed by atoms with Gasteiger partial charge in [-0.05, 0) is 49.4 Å². The minimum atomic E-state index is 0.491. The second kappa shape index (κ2) is 6.31. The lowest BCUT2D eigenvalue weighted by Crippen LogP contribution is -1.94. The summed E-state index contributed by atoms with van der Waals surface area (Å²) in [4.78, 5) is 9.24. The van der Waals surface area contributed by atoms with Gasteiger partial charge in [0.15, 0.2) is 0 Å². The molecule has 0 atom stereocenters. The number of aromatic nitrogens is 1. The molecule has 3 heteroatoms. The molecule has 0 aliphatic rings. The third-order valence-corrected chi connectivity index (χ3v) is 4.36. The van der Waals surface area contributed by atoms with E-state index >= 15 is 0 Å². The van der Waals surface area contributed by atoms with E-state index in [1.54, 1.807) is 11.3 Å². The van der Waals surface area contributed by atoms with Crippen molar-refractivity contribution in [3.63, 3.8) is 0 Å². The first kappa shape index (κ1) is 14.9. The summed E-state index contributed by atoms with van der Waals surface area (Å²) < 4.78 is 0. The normalized spacial score (nSPS) is 12.2. The fourth-order valence-electron chi connectivity index (χ4n) is 2.03. The highest BCUT2D eigenvalue weighted by Crippen LogP contribution is 2.35. The number of thiazole rings is 1. The molecular weight excluding hydrogens is 264 g/mol. The van der Waals surface area contributed by atoms with Crippen LogP contribution in [0.15, 0.2) is 28.7 Å². The monoisotopic (exact) mass is 286 g/mol. The highest BCUT2D eigenvalue weighted by atomic mass is 32.1. The van der Waals surface area contributed by atoms with Crippen molar-refractivity contribution in [3.05, 3.63) is 34.8 Å². The molecule has 0 aliphatic heterocycles. The molecule has 0 fully saturated rings. The van der Waals surface area contributed by atoms with E-state index < -0.39 is 0 Å². The summed E-state index contributed by atoms with van der Waals surface area (Å²) in [6.07, 6.45) is 2.85. The third kappa shape index (κ3) is 3.15. The molecule has 2 rings (SSSR count). The highest BCUT2D eigenvalue weighted by Gasteiger charge is 2.12. The van der Waals surface area contributed by atoms with Crippen LogP contribution in [0.2, 0.25) is 0 Å². The maximum atomic E-state index is 4.78. The van der Waals surface area contributed by atoms with Crippen molar-refractivity contribution in [1.29, 1.82) is 0 Å². The van der Waals surface area contributed by atoms with Crippen LogP contribution in [-0.2, 0) is 0 Å². The fraction of sp³-hybridized carbons (Fsp3) is 0.412. The van der Waals surface area contributed by atoms with Crippen molar-refractivity contribution >= 4 is 22.7 Å². The van der Waals surface area contributed by atoms with E-state index in [9.17, 15) is 0 Å². The molecule has 1 aromatic carbocycles. The Morgan fingerprint density at radius 3 is 2.65 bits per heavy atom. The Kier molecular flexibility index (Phi) is 4.71. The van der Waals surface area contributed by atoms with E-state index in [-0.39, 0.29) is 0 Å². The molecule has 0 saturated heterocycles. The zero-order valence-electron chi connectivity index (χ0n) is 12.9. The summed E-state index contributed by atoms with van der Waals surface area (Å²) in [6, 6.07) is 4.48. The molecule has 0 radical (unpaired) electrons. The van der Waals surface area contributed by atoms with Crippen LogP contribution < -0.4 is 0 Å². The van der Waals surface area contributed by atoms with Gasteiger partial charge in [-0.1, -0.05) is 20.8 Å². The number of nitrogens with zero attached hydrogens (tertiary/aromatic N) is 2. The lowest BCUT2D eigenvalue weighted by atomic mass is 9.96. The van der Waals surface area contributed by atoms with Crippen LogP contribution in [0.1, 0.15) is 51.2 Å². The molecule has 0 aliphatic carbocycles. The average molecular weight is 286 g/mol. The topological polar surface area (TPSA) is 25.2 Å². The number of rotatable bonds is 4. The summed E-state index contributed by atoms with van der Waals surface area (Å²) in [5.41, 5.74) is 6.01. The van der Waals surface area contributed by atoms with Crippen LogP contribution in [0.4, 0.5) is 5.69 Å². The molecule has 1 aromatic heterocycles. The predicted octanol–water partition coefficient (Wildman–Crippen LogP) is 5.74. The van der Waals surface area contributed by atoms with Crippen LogP contribution in [-0.4, -0.2) is 10.7 Å². The summed E-state index contributed by atoms with van der Waals surface area (Å²) in [5.74, 6) is 0.491. The summed E-state index contributed by atoms with van der Waals surface area (Å²) in [5, 5.41) is 3.10. The number of hydrogen-bond donors (Lipinski definition) is 0. The Labute approximate surface area is 125 Å². The van der Waals surface area contributed by atoms with Gasteiger partial charge in [-0.15, -0.1) is 11.3 Å². The standard InChI is InChI=1S/C17H22N2S/c1-6-12(4)19-16-10-14(11(2)3)9-15(13(16)5)17-18-7-8-20-17/h7-11H,6H2,1-5H3/b19-12-. The molecule has 106 valence electrons. The molecular formula is C17H22N2S. The van der Waals surface area contributed by atoms with Crippen LogP contribution in [0, 0.1) is 6.92 Å².